The van der Waals surface area contributed by atoms with Crippen LogP contribution in [-0.4, -0.2) is 55.2 Å². The van der Waals surface area contributed by atoms with Gasteiger partial charge in [-0.3, -0.25) is 9.80 Å². The minimum absolute atomic E-state index is 0.495. The van der Waals surface area contributed by atoms with Crippen molar-refractivity contribution in [3.05, 3.63) is 34.9 Å². The first-order chi connectivity index (χ1) is 10.3. The Morgan fingerprint density at radius 3 is 2.81 bits per heavy atom. The number of likely N-dealkylation sites (tertiary alicyclic amines) is 1. The van der Waals surface area contributed by atoms with Crippen molar-refractivity contribution in [1.82, 2.24) is 9.80 Å². The van der Waals surface area contributed by atoms with Crippen LogP contribution in [0.2, 0.25) is 5.02 Å². The van der Waals surface area contributed by atoms with E-state index < -0.39 is 0 Å². The Labute approximate surface area is 132 Å². The number of morpholine rings is 1. The fraction of sp³-hybridized carbons (Fsp3) is 0.647. The van der Waals surface area contributed by atoms with Crippen molar-refractivity contribution >= 4 is 11.6 Å². The molecule has 1 aromatic carbocycles. The van der Waals surface area contributed by atoms with E-state index in [0.717, 1.165) is 37.9 Å². The van der Waals surface area contributed by atoms with E-state index in [1.807, 2.05) is 12.1 Å². The Bertz CT molecular complexity index is 468. The molecule has 0 aliphatic carbocycles. The molecule has 1 aromatic rings. The molecule has 4 heteroatoms. The van der Waals surface area contributed by atoms with Gasteiger partial charge in [0, 0.05) is 36.7 Å². The summed E-state index contributed by atoms with van der Waals surface area (Å²) in [6.07, 6.45) is 2.50. The predicted molar refractivity (Wildman–Crippen MR) is 86.9 cm³/mol. The number of ether oxygens (including phenoxy) is 1. The average Bonchev–Trinajstić information content (AvgIpc) is 2.95. The highest BCUT2D eigenvalue weighted by atomic mass is 35.5. The molecule has 0 aromatic heterocycles. The highest BCUT2D eigenvalue weighted by Gasteiger charge is 2.28. The lowest BCUT2D eigenvalue weighted by Gasteiger charge is -2.35. The smallest absolute Gasteiger partial charge is 0.0619 e. The van der Waals surface area contributed by atoms with Gasteiger partial charge in [-0.1, -0.05) is 29.8 Å². The minimum atomic E-state index is 0.495. The van der Waals surface area contributed by atoms with Crippen LogP contribution in [0.25, 0.3) is 0 Å². The van der Waals surface area contributed by atoms with E-state index in [1.165, 1.54) is 24.9 Å². The van der Waals surface area contributed by atoms with Crippen LogP contribution in [0.3, 0.4) is 0 Å². The lowest BCUT2D eigenvalue weighted by molar-refractivity contribution is -0.00452. The summed E-state index contributed by atoms with van der Waals surface area (Å²) < 4.78 is 5.52. The van der Waals surface area contributed by atoms with Crippen LogP contribution < -0.4 is 0 Å². The molecule has 0 radical (unpaired) electrons. The van der Waals surface area contributed by atoms with E-state index in [1.54, 1.807) is 0 Å². The normalized spacial score (nSPS) is 28.1. The maximum Gasteiger partial charge on any atom is 0.0619 e. The molecule has 2 fully saturated rings. The van der Waals surface area contributed by atoms with Gasteiger partial charge < -0.3 is 4.74 Å². The Morgan fingerprint density at radius 2 is 2.00 bits per heavy atom. The lowest BCUT2D eigenvalue weighted by atomic mass is 10.0. The van der Waals surface area contributed by atoms with E-state index in [9.17, 15) is 0 Å². The SMILES string of the molecule is C[C@H]1COCCN1CCN1CCC[C@H]1c1ccccc1Cl. The Balaban J connectivity index is 1.61. The lowest BCUT2D eigenvalue weighted by Crippen LogP contribution is -2.46. The zero-order valence-electron chi connectivity index (χ0n) is 12.8. The molecule has 0 spiro atoms. The van der Waals surface area contributed by atoms with Crippen molar-refractivity contribution in [1.29, 1.82) is 0 Å². The number of benzene rings is 1. The number of nitrogens with zero attached hydrogens (tertiary/aromatic N) is 2. The van der Waals surface area contributed by atoms with Gasteiger partial charge in [0.05, 0.1) is 13.2 Å². The summed E-state index contributed by atoms with van der Waals surface area (Å²) in [5.74, 6) is 0. The maximum absolute atomic E-state index is 6.39. The molecule has 0 amide bonds. The van der Waals surface area contributed by atoms with Crippen LogP contribution in [0.4, 0.5) is 0 Å². The first-order valence-electron chi connectivity index (χ1n) is 8.06. The molecule has 116 valence electrons. The largest absolute Gasteiger partial charge is 0.379 e. The van der Waals surface area contributed by atoms with E-state index in [4.69, 9.17) is 16.3 Å². The van der Waals surface area contributed by atoms with Crippen molar-refractivity contribution in [2.24, 2.45) is 0 Å². The van der Waals surface area contributed by atoms with Crippen molar-refractivity contribution in [2.75, 3.05) is 39.4 Å². The Kier molecular flexibility index (Phi) is 5.17. The van der Waals surface area contributed by atoms with Crippen LogP contribution in [0, 0.1) is 0 Å². The van der Waals surface area contributed by atoms with Gasteiger partial charge in [-0.15, -0.1) is 0 Å². The third-order valence-corrected chi connectivity index (χ3v) is 5.15. The summed E-state index contributed by atoms with van der Waals surface area (Å²) in [7, 11) is 0. The van der Waals surface area contributed by atoms with Crippen molar-refractivity contribution in [3.63, 3.8) is 0 Å². The van der Waals surface area contributed by atoms with Gasteiger partial charge in [0.25, 0.3) is 0 Å². The monoisotopic (exact) mass is 308 g/mol. The van der Waals surface area contributed by atoms with Crippen molar-refractivity contribution in [3.8, 4) is 0 Å². The summed E-state index contributed by atoms with van der Waals surface area (Å²) in [5, 5.41) is 0.911. The van der Waals surface area contributed by atoms with Gasteiger partial charge in [0.2, 0.25) is 0 Å². The second kappa shape index (κ2) is 7.10. The van der Waals surface area contributed by atoms with Crippen molar-refractivity contribution in [2.45, 2.75) is 31.8 Å². The zero-order chi connectivity index (χ0) is 14.7. The molecule has 0 unspecified atom stereocenters. The molecular formula is C17H25ClN2O. The van der Waals surface area contributed by atoms with Gasteiger partial charge in [-0.2, -0.15) is 0 Å². The fourth-order valence-electron chi connectivity index (χ4n) is 3.54. The van der Waals surface area contributed by atoms with E-state index in [-0.39, 0.29) is 0 Å². The predicted octanol–water partition coefficient (Wildman–Crippen LogP) is 3.20. The zero-order valence-corrected chi connectivity index (χ0v) is 13.6. The van der Waals surface area contributed by atoms with E-state index in [0.29, 0.717) is 12.1 Å². The van der Waals surface area contributed by atoms with Crippen LogP contribution in [0.5, 0.6) is 0 Å². The standard InChI is InChI=1S/C17H25ClN2O/c1-14-13-21-12-11-19(14)9-10-20-8-4-7-17(20)15-5-2-3-6-16(15)18/h2-3,5-6,14,17H,4,7-13H2,1H3/t14-,17-/m0/s1. The van der Waals surface area contributed by atoms with Crippen molar-refractivity contribution < 1.29 is 4.74 Å². The molecule has 3 nitrogen and oxygen atoms in total. The quantitative estimate of drug-likeness (QED) is 0.849. The summed E-state index contributed by atoms with van der Waals surface area (Å²) in [4.78, 5) is 5.15. The molecule has 21 heavy (non-hydrogen) atoms. The van der Waals surface area contributed by atoms with Gasteiger partial charge >= 0.3 is 0 Å². The van der Waals surface area contributed by atoms with E-state index in [2.05, 4.69) is 28.9 Å². The second-order valence-electron chi connectivity index (χ2n) is 6.18. The summed E-state index contributed by atoms with van der Waals surface area (Å²) in [5.41, 5.74) is 1.30. The first kappa shape index (κ1) is 15.3. The molecule has 2 aliphatic rings. The fourth-order valence-corrected chi connectivity index (χ4v) is 3.80. The van der Waals surface area contributed by atoms with Crippen LogP contribution in [-0.2, 0) is 4.74 Å². The first-order valence-corrected chi connectivity index (χ1v) is 8.44. The average molecular weight is 309 g/mol. The van der Waals surface area contributed by atoms with Crippen LogP contribution in [0.15, 0.2) is 24.3 Å². The topological polar surface area (TPSA) is 15.7 Å². The molecule has 2 atom stereocenters. The second-order valence-corrected chi connectivity index (χ2v) is 6.58. The van der Waals surface area contributed by atoms with Gasteiger partial charge in [-0.05, 0) is 37.9 Å². The summed E-state index contributed by atoms with van der Waals surface area (Å²) in [6.45, 7) is 8.51. The Morgan fingerprint density at radius 1 is 1.19 bits per heavy atom. The van der Waals surface area contributed by atoms with E-state index >= 15 is 0 Å². The molecule has 0 bridgehead atoms. The molecule has 3 rings (SSSR count). The molecule has 2 saturated heterocycles. The molecular weight excluding hydrogens is 284 g/mol. The number of hydrogen-bond donors (Lipinski definition) is 0. The number of halogens is 1. The summed E-state index contributed by atoms with van der Waals surface area (Å²) >= 11 is 6.39. The van der Waals surface area contributed by atoms with Crippen LogP contribution in [0.1, 0.15) is 31.4 Å². The third-order valence-electron chi connectivity index (χ3n) is 4.81. The summed E-state index contributed by atoms with van der Waals surface area (Å²) in [6, 6.07) is 9.35. The number of rotatable bonds is 4. The Hall–Kier alpha value is -0.610. The highest BCUT2D eigenvalue weighted by Crippen LogP contribution is 2.35. The van der Waals surface area contributed by atoms with Gasteiger partial charge in [-0.25, -0.2) is 0 Å². The molecule has 2 heterocycles. The highest BCUT2D eigenvalue weighted by molar-refractivity contribution is 6.31. The maximum atomic E-state index is 6.39. The minimum Gasteiger partial charge on any atom is -0.379 e. The molecule has 2 aliphatic heterocycles. The third kappa shape index (κ3) is 3.59. The van der Waals surface area contributed by atoms with Crippen LogP contribution >= 0.6 is 11.6 Å². The van der Waals surface area contributed by atoms with Gasteiger partial charge in [0.15, 0.2) is 0 Å². The number of hydrogen-bond acceptors (Lipinski definition) is 3. The molecule has 0 saturated carbocycles. The van der Waals surface area contributed by atoms with Gasteiger partial charge in [0.1, 0.15) is 0 Å². The molecule has 0 N–H and O–H groups in total.